The van der Waals surface area contributed by atoms with Crippen LogP contribution in [0.5, 0.6) is 11.5 Å². The zero-order chi connectivity index (χ0) is 24.0. The average molecular weight is 492 g/mol. The van der Waals surface area contributed by atoms with Gasteiger partial charge >= 0.3 is 5.97 Å². The summed E-state index contributed by atoms with van der Waals surface area (Å²) in [5.74, 6) is -0.0198. The van der Waals surface area contributed by atoms with E-state index in [1.807, 2.05) is 0 Å². The maximum atomic E-state index is 12.2. The fourth-order valence-electron chi connectivity index (χ4n) is 3.81. The van der Waals surface area contributed by atoms with E-state index in [4.69, 9.17) is 38.1 Å². The van der Waals surface area contributed by atoms with Crippen molar-refractivity contribution >= 4 is 45.8 Å². The van der Waals surface area contributed by atoms with Crippen molar-refractivity contribution in [2.45, 2.75) is 0 Å². The molecule has 34 heavy (non-hydrogen) atoms. The fourth-order valence-corrected chi connectivity index (χ4v) is 4.18. The Morgan fingerprint density at radius 2 is 1.65 bits per heavy atom. The predicted octanol–water partition coefficient (Wildman–Crippen LogP) is 6.94. The lowest BCUT2D eigenvalue weighted by Crippen LogP contribution is -2.04. The number of nitrogen functional groups attached to an aromatic ring is 1. The van der Waals surface area contributed by atoms with E-state index in [-0.39, 0.29) is 21.4 Å². The van der Waals surface area contributed by atoms with Crippen molar-refractivity contribution in [3.63, 3.8) is 0 Å². The van der Waals surface area contributed by atoms with Crippen molar-refractivity contribution in [3.05, 3.63) is 98.6 Å². The number of halogens is 2. The summed E-state index contributed by atoms with van der Waals surface area (Å²) < 4.78 is 11.9. The fraction of sp³-hybridized carbons (Fsp3) is 0. The number of carbonyl (C=O) groups is 1. The van der Waals surface area contributed by atoms with Gasteiger partial charge in [0.1, 0.15) is 22.8 Å². The summed E-state index contributed by atoms with van der Waals surface area (Å²) in [6, 6.07) is 19.3. The van der Waals surface area contributed by atoms with Crippen molar-refractivity contribution in [2.75, 3.05) is 5.73 Å². The van der Waals surface area contributed by atoms with Gasteiger partial charge in [-0.1, -0.05) is 41.4 Å². The van der Waals surface area contributed by atoms with Gasteiger partial charge in [0, 0.05) is 34.3 Å². The van der Waals surface area contributed by atoms with Crippen molar-refractivity contribution in [3.8, 4) is 33.9 Å². The summed E-state index contributed by atoms with van der Waals surface area (Å²) in [6.07, 6.45) is 0. The van der Waals surface area contributed by atoms with Gasteiger partial charge in [0.15, 0.2) is 0 Å². The molecule has 5 rings (SSSR count). The molecule has 1 heterocycles. The van der Waals surface area contributed by atoms with Gasteiger partial charge in [-0.25, -0.2) is 4.79 Å². The number of benzene rings is 4. The number of carboxylic acid groups (broad SMARTS) is 1. The SMILES string of the molecule is Nc1ccc(Oc2cc3oc4cc(=O)c(Cl)cc-4c(-c4ccccc4C(=O)O)c3cc2Cl)cc1. The van der Waals surface area contributed by atoms with Crippen LogP contribution in [0.25, 0.3) is 33.4 Å². The molecule has 1 aliphatic carbocycles. The number of rotatable bonds is 4. The summed E-state index contributed by atoms with van der Waals surface area (Å²) in [7, 11) is 0. The molecule has 0 atom stereocenters. The smallest absolute Gasteiger partial charge is 0.336 e. The first-order valence-corrected chi connectivity index (χ1v) is 10.8. The highest BCUT2D eigenvalue weighted by Crippen LogP contribution is 2.45. The van der Waals surface area contributed by atoms with Crippen LogP contribution in [0.2, 0.25) is 10.0 Å². The van der Waals surface area contributed by atoms with Gasteiger partial charge in [0.25, 0.3) is 0 Å². The lowest BCUT2D eigenvalue weighted by Gasteiger charge is -2.18. The standard InChI is InChI=1S/C26H15Cl2NO5/c27-19-9-17-22(11-21(19)30)34-23-12-24(33-14-7-5-13(29)6-8-14)20(28)10-18(23)25(17)15-3-1-2-4-16(15)26(31)32/h1-12H,29H2,(H,31,32). The molecule has 0 fully saturated rings. The number of anilines is 1. The molecule has 0 saturated carbocycles. The van der Waals surface area contributed by atoms with E-state index in [1.54, 1.807) is 54.6 Å². The molecule has 0 spiro atoms. The summed E-state index contributed by atoms with van der Waals surface area (Å²) >= 11 is 12.7. The second-order valence-corrected chi connectivity index (χ2v) is 8.37. The molecule has 1 aliphatic heterocycles. The van der Waals surface area contributed by atoms with E-state index in [1.165, 1.54) is 18.2 Å². The number of ether oxygens (including phenoxy) is 1. The molecule has 0 amide bonds. The Morgan fingerprint density at radius 3 is 2.38 bits per heavy atom. The number of nitrogens with two attached hydrogens (primary N) is 1. The number of carboxylic acids is 1. The molecule has 2 aliphatic rings. The molecule has 0 unspecified atom stereocenters. The van der Waals surface area contributed by atoms with E-state index in [9.17, 15) is 14.7 Å². The Kier molecular flexibility index (Phi) is 5.40. The summed E-state index contributed by atoms with van der Waals surface area (Å²) in [4.78, 5) is 24.2. The average Bonchev–Trinajstić information content (AvgIpc) is 2.81. The highest BCUT2D eigenvalue weighted by atomic mass is 35.5. The van der Waals surface area contributed by atoms with Crippen LogP contribution in [-0.2, 0) is 0 Å². The molecule has 0 bridgehead atoms. The van der Waals surface area contributed by atoms with Gasteiger partial charge in [-0.2, -0.15) is 0 Å². The van der Waals surface area contributed by atoms with Crippen LogP contribution in [0.1, 0.15) is 10.4 Å². The van der Waals surface area contributed by atoms with Gasteiger partial charge in [-0.05, 0) is 48.0 Å². The predicted molar refractivity (Wildman–Crippen MR) is 132 cm³/mol. The number of hydrogen-bond donors (Lipinski definition) is 2. The molecular formula is C26H15Cl2NO5. The monoisotopic (exact) mass is 491 g/mol. The number of fused-ring (bicyclic) bond motifs is 2. The van der Waals surface area contributed by atoms with Gasteiger partial charge in [-0.15, -0.1) is 0 Å². The molecule has 3 aromatic carbocycles. The highest BCUT2D eigenvalue weighted by Gasteiger charge is 2.23. The normalized spacial score (nSPS) is 11.1. The van der Waals surface area contributed by atoms with Gasteiger partial charge in [0.2, 0.25) is 5.43 Å². The van der Waals surface area contributed by atoms with Crippen LogP contribution in [0, 0.1) is 0 Å². The molecule has 3 aromatic rings. The first-order chi connectivity index (χ1) is 16.3. The van der Waals surface area contributed by atoms with Crippen LogP contribution in [0.3, 0.4) is 0 Å². The van der Waals surface area contributed by atoms with Crippen LogP contribution >= 0.6 is 23.2 Å². The Balaban J connectivity index is 1.83. The molecule has 0 saturated heterocycles. The van der Waals surface area contributed by atoms with Crippen LogP contribution < -0.4 is 15.9 Å². The number of hydrogen-bond acceptors (Lipinski definition) is 5. The summed E-state index contributed by atoms with van der Waals surface area (Å²) in [5, 5.41) is 10.6. The second kappa shape index (κ2) is 8.41. The lowest BCUT2D eigenvalue weighted by molar-refractivity contribution is 0.0697. The quantitative estimate of drug-likeness (QED) is 0.208. The molecular weight excluding hydrogens is 477 g/mol. The lowest BCUT2D eigenvalue weighted by atomic mass is 9.91. The van der Waals surface area contributed by atoms with Gasteiger partial charge < -0.3 is 20.0 Å². The van der Waals surface area contributed by atoms with Crippen LogP contribution in [0.15, 0.2) is 82.0 Å². The van der Waals surface area contributed by atoms with Gasteiger partial charge in [0.05, 0.1) is 15.6 Å². The molecule has 168 valence electrons. The molecule has 6 nitrogen and oxygen atoms in total. The van der Waals surface area contributed by atoms with Crippen molar-refractivity contribution < 1.29 is 19.1 Å². The van der Waals surface area contributed by atoms with E-state index < -0.39 is 11.4 Å². The van der Waals surface area contributed by atoms with E-state index in [2.05, 4.69) is 0 Å². The third kappa shape index (κ3) is 3.83. The van der Waals surface area contributed by atoms with Crippen LogP contribution in [-0.4, -0.2) is 11.1 Å². The van der Waals surface area contributed by atoms with Crippen molar-refractivity contribution in [2.24, 2.45) is 0 Å². The largest absolute Gasteiger partial charge is 0.478 e. The minimum absolute atomic E-state index is 0.00879. The summed E-state index contributed by atoms with van der Waals surface area (Å²) in [5.41, 5.74) is 7.77. The first-order valence-electron chi connectivity index (χ1n) is 10.1. The Bertz CT molecular complexity index is 1610. The van der Waals surface area contributed by atoms with E-state index >= 15 is 0 Å². The molecule has 0 radical (unpaired) electrons. The Morgan fingerprint density at radius 1 is 0.912 bits per heavy atom. The van der Waals surface area contributed by atoms with E-state index in [0.717, 1.165) is 0 Å². The third-order valence-electron chi connectivity index (χ3n) is 5.36. The summed E-state index contributed by atoms with van der Waals surface area (Å²) in [6.45, 7) is 0. The Labute approximate surface area is 203 Å². The molecule has 8 heteroatoms. The van der Waals surface area contributed by atoms with Gasteiger partial charge in [-0.3, -0.25) is 4.79 Å². The topological polar surface area (TPSA) is 103 Å². The zero-order valence-electron chi connectivity index (χ0n) is 17.3. The minimum Gasteiger partial charge on any atom is -0.478 e. The minimum atomic E-state index is -1.10. The van der Waals surface area contributed by atoms with E-state index in [0.29, 0.717) is 44.8 Å². The maximum Gasteiger partial charge on any atom is 0.336 e. The highest BCUT2D eigenvalue weighted by molar-refractivity contribution is 6.33. The molecule has 0 aromatic heterocycles. The maximum absolute atomic E-state index is 12.2. The number of aromatic carboxylic acids is 1. The Hall–Kier alpha value is -4.00. The first kappa shape index (κ1) is 21.8. The van der Waals surface area contributed by atoms with Crippen molar-refractivity contribution in [1.29, 1.82) is 0 Å². The molecule has 3 N–H and O–H groups in total. The van der Waals surface area contributed by atoms with Crippen molar-refractivity contribution in [1.82, 2.24) is 0 Å². The zero-order valence-corrected chi connectivity index (χ0v) is 18.9. The second-order valence-electron chi connectivity index (χ2n) is 7.56. The van der Waals surface area contributed by atoms with Crippen LogP contribution in [0.4, 0.5) is 5.69 Å². The third-order valence-corrected chi connectivity index (χ3v) is 5.95.